The fraction of sp³-hybridized carbons (Fsp3) is 1.00. The molecular formula is C9H20N2. The first-order valence-corrected chi connectivity index (χ1v) is 4.51. The third kappa shape index (κ3) is 2.17. The van der Waals surface area contributed by atoms with E-state index in [4.69, 9.17) is 5.73 Å². The van der Waals surface area contributed by atoms with E-state index < -0.39 is 0 Å². The molecule has 0 aromatic carbocycles. The zero-order valence-electron chi connectivity index (χ0n) is 7.85. The van der Waals surface area contributed by atoms with Crippen LogP contribution in [0.4, 0.5) is 0 Å². The van der Waals surface area contributed by atoms with Crippen molar-refractivity contribution in [2.24, 2.45) is 11.1 Å². The molecule has 0 heterocycles. The topological polar surface area (TPSA) is 38.0 Å². The van der Waals surface area contributed by atoms with Gasteiger partial charge in [0, 0.05) is 18.6 Å². The van der Waals surface area contributed by atoms with Crippen molar-refractivity contribution in [2.45, 2.75) is 45.7 Å². The fourth-order valence-electron chi connectivity index (χ4n) is 1.57. The van der Waals surface area contributed by atoms with Gasteiger partial charge >= 0.3 is 0 Å². The van der Waals surface area contributed by atoms with E-state index in [0.717, 1.165) is 6.54 Å². The van der Waals surface area contributed by atoms with Gasteiger partial charge in [0.05, 0.1) is 0 Å². The van der Waals surface area contributed by atoms with Crippen LogP contribution in [0.1, 0.15) is 33.6 Å². The molecule has 2 heteroatoms. The van der Waals surface area contributed by atoms with Crippen LogP contribution in [-0.2, 0) is 0 Å². The van der Waals surface area contributed by atoms with Crippen molar-refractivity contribution in [3.63, 3.8) is 0 Å². The Morgan fingerprint density at radius 1 is 1.64 bits per heavy atom. The van der Waals surface area contributed by atoms with Gasteiger partial charge in [0.15, 0.2) is 0 Å². The first kappa shape index (κ1) is 9.01. The van der Waals surface area contributed by atoms with Crippen molar-refractivity contribution in [3.8, 4) is 0 Å². The van der Waals surface area contributed by atoms with Gasteiger partial charge in [-0.05, 0) is 25.2 Å². The van der Waals surface area contributed by atoms with Gasteiger partial charge in [0.1, 0.15) is 0 Å². The highest BCUT2D eigenvalue weighted by atomic mass is 15.0. The predicted octanol–water partition coefficient (Wildman–Crippen LogP) is 1.11. The second-order valence-corrected chi connectivity index (χ2v) is 4.47. The zero-order valence-corrected chi connectivity index (χ0v) is 7.85. The average Bonchev–Trinajstić information content (AvgIpc) is 1.85. The molecule has 0 amide bonds. The molecule has 2 atom stereocenters. The maximum absolute atomic E-state index is 5.65. The third-order valence-corrected chi connectivity index (χ3v) is 2.71. The molecule has 0 spiro atoms. The van der Waals surface area contributed by atoms with Gasteiger partial charge in [0.25, 0.3) is 0 Å². The van der Waals surface area contributed by atoms with Gasteiger partial charge in [-0.1, -0.05) is 13.8 Å². The average molecular weight is 156 g/mol. The van der Waals surface area contributed by atoms with Gasteiger partial charge < -0.3 is 11.1 Å². The minimum atomic E-state index is 0.284. The second-order valence-electron chi connectivity index (χ2n) is 4.47. The Balaban J connectivity index is 2.18. The van der Waals surface area contributed by atoms with Crippen molar-refractivity contribution >= 4 is 0 Å². The van der Waals surface area contributed by atoms with Gasteiger partial charge in [-0.3, -0.25) is 0 Å². The Kier molecular flexibility index (Phi) is 2.55. The fourth-order valence-corrected chi connectivity index (χ4v) is 1.57. The number of hydrogen-bond donors (Lipinski definition) is 2. The zero-order chi connectivity index (χ0) is 8.48. The van der Waals surface area contributed by atoms with Crippen molar-refractivity contribution < 1.29 is 0 Å². The van der Waals surface area contributed by atoms with Crippen LogP contribution in [0.3, 0.4) is 0 Å². The van der Waals surface area contributed by atoms with Gasteiger partial charge in [0.2, 0.25) is 0 Å². The Morgan fingerprint density at radius 3 is 2.55 bits per heavy atom. The molecule has 0 saturated heterocycles. The summed E-state index contributed by atoms with van der Waals surface area (Å²) in [6.07, 6.45) is 2.67. The van der Waals surface area contributed by atoms with Gasteiger partial charge in [-0.15, -0.1) is 0 Å². The summed E-state index contributed by atoms with van der Waals surface area (Å²) in [5.41, 5.74) is 6.15. The lowest BCUT2D eigenvalue weighted by atomic mass is 9.67. The van der Waals surface area contributed by atoms with Crippen LogP contribution in [0, 0.1) is 5.41 Å². The monoisotopic (exact) mass is 156 g/mol. The lowest BCUT2D eigenvalue weighted by molar-refractivity contribution is 0.108. The summed E-state index contributed by atoms with van der Waals surface area (Å²) < 4.78 is 0. The summed E-state index contributed by atoms with van der Waals surface area (Å²) >= 11 is 0. The van der Waals surface area contributed by atoms with E-state index in [-0.39, 0.29) is 6.04 Å². The largest absolute Gasteiger partial charge is 0.327 e. The molecule has 66 valence electrons. The van der Waals surface area contributed by atoms with Crippen LogP contribution in [-0.4, -0.2) is 18.6 Å². The van der Waals surface area contributed by atoms with E-state index in [0.29, 0.717) is 11.5 Å². The maximum atomic E-state index is 5.65. The second kappa shape index (κ2) is 3.11. The quantitative estimate of drug-likeness (QED) is 0.642. The van der Waals surface area contributed by atoms with E-state index in [9.17, 15) is 0 Å². The normalized spacial score (nSPS) is 31.1. The highest BCUT2D eigenvalue weighted by Gasteiger charge is 2.37. The SMILES string of the molecule is C[C@H](N)CNC1CCC1(C)C. The molecule has 1 aliphatic rings. The molecule has 11 heavy (non-hydrogen) atoms. The van der Waals surface area contributed by atoms with Crippen LogP contribution in [0.25, 0.3) is 0 Å². The Morgan fingerprint density at radius 2 is 2.27 bits per heavy atom. The van der Waals surface area contributed by atoms with Crippen LogP contribution >= 0.6 is 0 Å². The molecule has 0 aromatic heterocycles. The summed E-state index contributed by atoms with van der Waals surface area (Å²) in [6.45, 7) is 7.62. The summed E-state index contributed by atoms with van der Waals surface area (Å²) in [6, 6.07) is 0.986. The Labute approximate surface area is 69.5 Å². The van der Waals surface area contributed by atoms with Crippen LogP contribution in [0.15, 0.2) is 0 Å². The first-order chi connectivity index (χ1) is 5.02. The van der Waals surface area contributed by atoms with E-state index in [2.05, 4.69) is 19.2 Å². The van der Waals surface area contributed by atoms with Crippen molar-refractivity contribution in [3.05, 3.63) is 0 Å². The third-order valence-electron chi connectivity index (χ3n) is 2.71. The number of hydrogen-bond acceptors (Lipinski definition) is 2. The molecule has 2 nitrogen and oxygen atoms in total. The number of rotatable bonds is 3. The Bertz CT molecular complexity index is 130. The standard InChI is InChI=1S/C9H20N2/c1-7(10)6-11-8-4-5-9(8,2)3/h7-8,11H,4-6,10H2,1-3H3/t7-,8?/m0/s1. The lowest BCUT2D eigenvalue weighted by Crippen LogP contribution is -2.52. The lowest BCUT2D eigenvalue weighted by Gasteiger charge is -2.45. The summed E-state index contributed by atoms with van der Waals surface area (Å²) in [7, 11) is 0. The molecule has 1 rings (SSSR count). The highest BCUT2D eigenvalue weighted by Crippen LogP contribution is 2.39. The molecule has 0 bridgehead atoms. The van der Waals surface area contributed by atoms with Crippen LogP contribution < -0.4 is 11.1 Å². The molecule has 3 N–H and O–H groups in total. The predicted molar refractivity (Wildman–Crippen MR) is 48.5 cm³/mol. The van der Waals surface area contributed by atoms with Gasteiger partial charge in [-0.2, -0.15) is 0 Å². The molecule has 1 fully saturated rings. The number of nitrogens with one attached hydrogen (secondary N) is 1. The maximum Gasteiger partial charge on any atom is 0.0136 e. The van der Waals surface area contributed by atoms with Crippen molar-refractivity contribution in [2.75, 3.05) is 6.54 Å². The van der Waals surface area contributed by atoms with Crippen LogP contribution in [0.5, 0.6) is 0 Å². The Hall–Kier alpha value is -0.0800. The van der Waals surface area contributed by atoms with E-state index in [1.54, 1.807) is 0 Å². The molecule has 0 aliphatic heterocycles. The minimum absolute atomic E-state index is 0.284. The van der Waals surface area contributed by atoms with E-state index in [1.807, 2.05) is 6.92 Å². The number of nitrogens with two attached hydrogens (primary N) is 1. The summed E-state index contributed by atoms with van der Waals surface area (Å²) in [5.74, 6) is 0. The van der Waals surface area contributed by atoms with Gasteiger partial charge in [-0.25, -0.2) is 0 Å². The minimum Gasteiger partial charge on any atom is -0.327 e. The molecule has 0 radical (unpaired) electrons. The van der Waals surface area contributed by atoms with Crippen molar-refractivity contribution in [1.82, 2.24) is 5.32 Å². The summed E-state index contributed by atoms with van der Waals surface area (Å²) in [4.78, 5) is 0. The highest BCUT2D eigenvalue weighted by molar-refractivity contribution is 4.94. The summed E-state index contributed by atoms with van der Waals surface area (Å²) in [5, 5.41) is 3.48. The first-order valence-electron chi connectivity index (χ1n) is 4.51. The van der Waals surface area contributed by atoms with E-state index >= 15 is 0 Å². The molecule has 1 saturated carbocycles. The molecule has 1 unspecified atom stereocenters. The van der Waals surface area contributed by atoms with E-state index in [1.165, 1.54) is 12.8 Å². The molecule has 1 aliphatic carbocycles. The molecule has 0 aromatic rings. The van der Waals surface area contributed by atoms with Crippen LogP contribution in [0.2, 0.25) is 0 Å². The smallest absolute Gasteiger partial charge is 0.0136 e. The van der Waals surface area contributed by atoms with Crippen molar-refractivity contribution in [1.29, 1.82) is 0 Å². The molecular weight excluding hydrogens is 136 g/mol.